The van der Waals surface area contributed by atoms with Crippen molar-refractivity contribution in [3.05, 3.63) is 29.3 Å². The zero-order chi connectivity index (χ0) is 10.6. The number of unbranched alkanes of at least 4 members (excludes halogenated alkanes) is 1. The van der Waals surface area contributed by atoms with Gasteiger partial charge >= 0.3 is 0 Å². The molecule has 0 spiro atoms. The van der Waals surface area contributed by atoms with Gasteiger partial charge in [-0.3, -0.25) is 0 Å². The highest BCUT2D eigenvalue weighted by Crippen LogP contribution is 2.19. The Kier molecular flexibility index (Phi) is 3.99. The number of rotatable bonds is 4. The molecule has 0 saturated carbocycles. The van der Waals surface area contributed by atoms with E-state index in [0.717, 1.165) is 6.54 Å². The van der Waals surface area contributed by atoms with Gasteiger partial charge in [0.25, 0.3) is 0 Å². The summed E-state index contributed by atoms with van der Waals surface area (Å²) >= 11 is 0. The average Bonchev–Trinajstić information content (AvgIpc) is 2.14. The van der Waals surface area contributed by atoms with Gasteiger partial charge in [-0.15, -0.1) is 0 Å². The summed E-state index contributed by atoms with van der Waals surface area (Å²) in [5.41, 5.74) is 4.09. The summed E-state index contributed by atoms with van der Waals surface area (Å²) < 4.78 is 0. The molecule has 0 N–H and O–H groups in total. The minimum Gasteiger partial charge on any atom is -0.374 e. The van der Waals surface area contributed by atoms with Crippen molar-refractivity contribution < 1.29 is 0 Å². The van der Waals surface area contributed by atoms with E-state index in [9.17, 15) is 0 Å². The van der Waals surface area contributed by atoms with Gasteiger partial charge < -0.3 is 4.90 Å². The van der Waals surface area contributed by atoms with E-state index >= 15 is 0 Å². The van der Waals surface area contributed by atoms with Crippen molar-refractivity contribution in [2.75, 3.05) is 18.5 Å². The van der Waals surface area contributed by atoms with Crippen molar-refractivity contribution in [1.82, 2.24) is 0 Å². The van der Waals surface area contributed by atoms with Crippen molar-refractivity contribution in [3.63, 3.8) is 0 Å². The van der Waals surface area contributed by atoms with Gasteiger partial charge in [-0.1, -0.05) is 31.0 Å². The smallest absolute Gasteiger partial charge is 0.0393 e. The fourth-order valence-corrected chi connectivity index (χ4v) is 1.75. The van der Waals surface area contributed by atoms with Gasteiger partial charge in [0.05, 0.1) is 0 Å². The maximum Gasteiger partial charge on any atom is 0.0393 e. The molecule has 0 saturated heterocycles. The van der Waals surface area contributed by atoms with Gasteiger partial charge in [0, 0.05) is 19.3 Å². The van der Waals surface area contributed by atoms with Crippen LogP contribution in [0, 0.1) is 13.8 Å². The van der Waals surface area contributed by atoms with E-state index in [1.165, 1.54) is 29.7 Å². The van der Waals surface area contributed by atoms with Crippen LogP contribution in [0.15, 0.2) is 18.2 Å². The van der Waals surface area contributed by atoms with Crippen LogP contribution < -0.4 is 4.90 Å². The van der Waals surface area contributed by atoms with E-state index in [-0.39, 0.29) is 0 Å². The van der Waals surface area contributed by atoms with Crippen LogP contribution in [0.5, 0.6) is 0 Å². The van der Waals surface area contributed by atoms with Gasteiger partial charge in [-0.05, 0) is 31.9 Å². The van der Waals surface area contributed by atoms with Crippen molar-refractivity contribution in [1.29, 1.82) is 0 Å². The molecule has 0 bridgehead atoms. The lowest BCUT2D eigenvalue weighted by Gasteiger charge is -2.21. The zero-order valence-electron chi connectivity index (χ0n) is 9.80. The van der Waals surface area contributed by atoms with Gasteiger partial charge in [0.2, 0.25) is 0 Å². The summed E-state index contributed by atoms with van der Waals surface area (Å²) in [6, 6.07) is 6.66. The van der Waals surface area contributed by atoms with Crippen LogP contribution in [0.3, 0.4) is 0 Å². The SMILES string of the molecule is CCCCN(C)c1ccc(C)cc1C. The number of nitrogens with zero attached hydrogens (tertiary/aromatic N) is 1. The number of hydrogen-bond donors (Lipinski definition) is 0. The van der Waals surface area contributed by atoms with E-state index in [4.69, 9.17) is 0 Å². The Bertz CT molecular complexity index is 291. The Morgan fingerprint density at radius 1 is 1.21 bits per heavy atom. The first kappa shape index (κ1) is 11.1. The first-order chi connectivity index (χ1) is 6.65. The zero-order valence-corrected chi connectivity index (χ0v) is 9.80. The minimum absolute atomic E-state index is 1.15. The second kappa shape index (κ2) is 5.04. The summed E-state index contributed by atoms with van der Waals surface area (Å²) in [5.74, 6) is 0. The summed E-state index contributed by atoms with van der Waals surface area (Å²) in [6.45, 7) is 7.71. The molecule has 0 aliphatic carbocycles. The van der Waals surface area contributed by atoms with Gasteiger partial charge in [0.1, 0.15) is 0 Å². The van der Waals surface area contributed by atoms with E-state index < -0.39 is 0 Å². The molecule has 0 unspecified atom stereocenters. The van der Waals surface area contributed by atoms with Crippen LogP contribution in [0.2, 0.25) is 0 Å². The third-order valence-corrected chi connectivity index (χ3v) is 2.61. The molecule has 0 atom stereocenters. The molecule has 0 fully saturated rings. The van der Waals surface area contributed by atoms with Crippen molar-refractivity contribution in [2.24, 2.45) is 0 Å². The number of aryl methyl sites for hydroxylation is 2. The topological polar surface area (TPSA) is 3.24 Å². The highest BCUT2D eigenvalue weighted by Gasteiger charge is 2.03. The molecule has 0 aliphatic heterocycles. The van der Waals surface area contributed by atoms with Gasteiger partial charge in [-0.2, -0.15) is 0 Å². The number of anilines is 1. The number of benzene rings is 1. The van der Waals surface area contributed by atoms with Gasteiger partial charge in [0.15, 0.2) is 0 Å². The molecule has 0 heterocycles. The monoisotopic (exact) mass is 191 g/mol. The van der Waals surface area contributed by atoms with Crippen LogP contribution in [-0.2, 0) is 0 Å². The fraction of sp³-hybridized carbons (Fsp3) is 0.538. The van der Waals surface area contributed by atoms with Gasteiger partial charge in [-0.25, -0.2) is 0 Å². The Hall–Kier alpha value is -0.980. The maximum absolute atomic E-state index is 2.35. The molecule has 78 valence electrons. The van der Waals surface area contributed by atoms with E-state index in [2.05, 4.69) is 50.9 Å². The quantitative estimate of drug-likeness (QED) is 0.703. The second-order valence-corrected chi connectivity index (χ2v) is 4.07. The third-order valence-electron chi connectivity index (χ3n) is 2.61. The first-order valence-electron chi connectivity index (χ1n) is 5.43. The molecule has 0 aromatic heterocycles. The van der Waals surface area contributed by atoms with E-state index in [1.54, 1.807) is 0 Å². The highest BCUT2D eigenvalue weighted by molar-refractivity contribution is 5.53. The predicted molar refractivity (Wildman–Crippen MR) is 64.1 cm³/mol. The highest BCUT2D eigenvalue weighted by atomic mass is 15.1. The molecule has 1 rings (SSSR count). The normalized spacial score (nSPS) is 10.3. The van der Waals surface area contributed by atoms with Crippen LogP contribution in [0.1, 0.15) is 30.9 Å². The second-order valence-electron chi connectivity index (χ2n) is 4.07. The Labute approximate surface area is 87.7 Å². The van der Waals surface area contributed by atoms with E-state index in [1.807, 2.05) is 0 Å². The molecule has 0 amide bonds. The molecule has 0 radical (unpaired) electrons. The lowest BCUT2D eigenvalue weighted by atomic mass is 10.1. The van der Waals surface area contributed by atoms with E-state index in [0.29, 0.717) is 0 Å². The lowest BCUT2D eigenvalue weighted by Crippen LogP contribution is -2.19. The number of hydrogen-bond acceptors (Lipinski definition) is 1. The molecule has 14 heavy (non-hydrogen) atoms. The van der Waals surface area contributed by atoms with Crippen LogP contribution in [0.4, 0.5) is 5.69 Å². The summed E-state index contributed by atoms with van der Waals surface area (Å²) in [6.07, 6.45) is 2.53. The van der Waals surface area contributed by atoms with Crippen molar-refractivity contribution in [3.8, 4) is 0 Å². The average molecular weight is 191 g/mol. The predicted octanol–water partition coefficient (Wildman–Crippen LogP) is 3.54. The lowest BCUT2D eigenvalue weighted by molar-refractivity contribution is 0.765. The molecule has 1 heteroatoms. The Balaban J connectivity index is 2.74. The standard InChI is InChI=1S/C13H21N/c1-5-6-9-14(4)13-8-7-11(2)10-12(13)3/h7-8,10H,5-6,9H2,1-4H3. The Morgan fingerprint density at radius 2 is 1.93 bits per heavy atom. The van der Waals surface area contributed by atoms with Crippen molar-refractivity contribution in [2.45, 2.75) is 33.6 Å². The maximum atomic E-state index is 2.35. The van der Waals surface area contributed by atoms with Crippen LogP contribution in [-0.4, -0.2) is 13.6 Å². The molecule has 0 aliphatic rings. The van der Waals surface area contributed by atoms with Crippen LogP contribution >= 0.6 is 0 Å². The third kappa shape index (κ3) is 2.76. The molecule has 1 nitrogen and oxygen atoms in total. The first-order valence-corrected chi connectivity index (χ1v) is 5.43. The molecule has 1 aromatic carbocycles. The summed E-state index contributed by atoms with van der Waals surface area (Å²) in [5, 5.41) is 0. The molecule has 1 aromatic rings. The van der Waals surface area contributed by atoms with Crippen molar-refractivity contribution >= 4 is 5.69 Å². The van der Waals surface area contributed by atoms with Crippen LogP contribution in [0.25, 0.3) is 0 Å². The minimum atomic E-state index is 1.15. The molecular formula is C13H21N. The fourth-order valence-electron chi connectivity index (χ4n) is 1.75. The Morgan fingerprint density at radius 3 is 2.50 bits per heavy atom. The molecular weight excluding hydrogens is 170 g/mol. The summed E-state index contributed by atoms with van der Waals surface area (Å²) in [4.78, 5) is 2.35. The summed E-state index contributed by atoms with van der Waals surface area (Å²) in [7, 11) is 2.17. The largest absolute Gasteiger partial charge is 0.374 e.